The van der Waals surface area contributed by atoms with E-state index in [9.17, 15) is 4.79 Å². The standard InChI is InChI=1S/C24H25NO/c1-24-19-13-8-14-21(24)25(23(26)20(24)16-15-19)22(17-9-4-2-5-10-17)18-11-6-3-7-12-18/h2-12,14,19-22H,13,15-16H2,1H3. The maximum absolute atomic E-state index is 13.6. The molecule has 1 saturated carbocycles. The number of hydrogen-bond donors (Lipinski definition) is 0. The van der Waals surface area contributed by atoms with E-state index >= 15 is 0 Å². The highest BCUT2D eigenvalue weighted by molar-refractivity contribution is 5.85. The molecule has 0 bridgehead atoms. The molecule has 1 amide bonds. The lowest BCUT2D eigenvalue weighted by molar-refractivity contribution is -0.133. The average Bonchev–Trinajstić information content (AvgIpc) is 3.14. The van der Waals surface area contributed by atoms with E-state index in [1.807, 2.05) is 12.1 Å². The van der Waals surface area contributed by atoms with Crippen molar-refractivity contribution in [1.82, 2.24) is 4.90 Å². The summed E-state index contributed by atoms with van der Waals surface area (Å²) >= 11 is 0. The Bertz CT molecular complexity index is 804. The zero-order chi connectivity index (χ0) is 17.7. The maximum Gasteiger partial charge on any atom is 0.227 e. The van der Waals surface area contributed by atoms with Crippen LogP contribution >= 0.6 is 0 Å². The minimum atomic E-state index is -0.0132. The van der Waals surface area contributed by atoms with E-state index in [0.29, 0.717) is 11.8 Å². The lowest BCUT2D eigenvalue weighted by Crippen LogP contribution is -2.44. The first-order valence-corrected chi connectivity index (χ1v) is 9.80. The molecule has 2 heteroatoms. The fraction of sp³-hybridized carbons (Fsp3) is 0.375. The molecule has 132 valence electrons. The summed E-state index contributed by atoms with van der Waals surface area (Å²) in [5.41, 5.74) is 2.49. The van der Waals surface area contributed by atoms with Crippen molar-refractivity contribution in [3.63, 3.8) is 0 Å². The highest BCUT2D eigenvalue weighted by Gasteiger charge is 2.63. The number of carbonyl (C=O) groups excluding carboxylic acids is 1. The van der Waals surface area contributed by atoms with Crippen LogP contribution in [-0.2, 0) is 4.79 Å². The molecule has 2 aliphatic carbocycles. The number of likely N-dealkylation sites (tertiary alicyclic amines) is 1. The molecule has 2 nitrogen and oxygen atoms in total. The van der Waals surface area contributed by atoms with Crippen molar-refractivity contribution in [2.75, 3.05) is 0 Å². The Labute approximate surface area is 155 Å². The van der Waals surface area contributed by atoms with E-state index in [2.05, 4.69) is 72.5 Å². The van der Waals surface area contributed by atoms with Gasteiger partial charge in [0, 0.05) is 11.3 Å². The summed E-state index contributed by atoms with van der Waals surface area (Å²) in [7, 11) is 0. The Morgan fingerprint density at radius 1 is 0.962 bits per heavy atom. The van der Waals surface area contributed by atoms with E-state index in [0.717, 1.165) is 12.8 Å². The van der Waals surface area contributed by atoms with Crippen molar-refractivity contribution in [1.29, 1.82) is 0 Å². The van der Waals surface area contributed by atoms with E-state index in [1.54, 1.807) is 0 Å². The molecular formula is C24H25NO. The first-order valence-electron chi connectivity index (χ1n) is 9.80. The van der Waals surface area contributed by atoms with Crippen LogP contribution in [0.2, 0.25) is 0 Å². The van der Waals surface area contributed by atoms with Crippen molar-refractivity contribution in [2.24, 2.45) is 17.3 Å². The van der Waals surface area contributed by atoms with Gasteiger partial charge in [-0.05, 0) is 36.3 Å². The number of benzene rings is 2. The van der Waals surface area contributed by atoms with Crippen molar-refractivity contribution >= 4 is 5.91 Å². The molecule has 2 fully saturated rings. The van der Waals surface area contributed by atoms with Crippen molar-refractivity contribution in [3.8, 4) is 0 Å². The molecule has 0 radical (unpaired) electrons. The first kappa shape index (κ1) is 15.9. The zero-order valence-corrected chi connectivity index (χ0v) is 15.2. The van der Waals surface area contributed by atoms with E-state index in [1.165, 1.54) is 17.5 Å². The molecule has 1 heterocycles. The molecule has 1 aliphatic heterocycles. The van der Waals surface area contributed by atoms with Gasteiger partial charge >= 0.3 is 0 Å². The van der Waals surface area contributed by atoms with Crippen LogP contribution in [0.3, 0.4) is 0 Å². The van der Waals surface area contributed by atoms with E-state index in [4.69, 9.17) is 0 Å². The zero-order valence-electron chi connectivity index (χ0n) is 15.2. The third-order valence-corrected chi connectivity index (χ3v) is 7.17. The van der Waals surface area contributed by atoms with Gasteiger partial charge in [0.15, 0.2) is 0 Å². The molecule has 26 heavy (non-hydrogen) atoms. The molecule has 4 unspecified atom stereocenters. The number of rotatable bonds is 3. The molecule has 0 aromatic heterocycles. The molecular weight excluding hydrogens is 318 g/mol. The fourth-order valence-electron chi connectivity index (χ4n) is 5.84. The van der Waals surface area contributed by atoms with Crippen LogP contribution in [-0.4, -0.2) is 16.8 Å². The van der Waals surface area contributed by atoms with Gasteiger partial charge < -0.3 is 4.90 Å². The predicted octanol–water partition coefficient (Wildman–Crippen LogP) is 4.98. The average molecular weight is 343 g/mol. The lowest BCUT2D eigenvalue weighted by atomic mass is 9.67. The molecule has 0 N–H and O–H groups in total. The van der Waals surface area contributed by atoms with Gasteiger partial charge in [-0.2, -0.15) is 0 Å². The van der Waals surface area contributed by atoms with Crippen LogP contribution in [0.25, 0.3) is 0 Å². The summed E-state index contributed by atoms with van der Waals surface area (Å²) in [5.74, 6) is 1.17. The van der Waals surface area contributed by atoms with Crippen LogP contribution in [0.5, 0.6) is 0 Å². The topological polar surface area (TPSA) is 20.3 Å². The summed E-state index contributed by atoms with van der Waals surface area (Å²) in [6, 6.07) is 21.2. The van der Waals surface area contributed by atoms with Crippen molar-refractivity contribution in [2.45, 2.75) is 38.3 Å². The SMILES string of the molecule is CC12C3CC=CC1N(C(c1ccccc1)c1ccccc1)C(=O)C2CC3. The second-order valence-corrected chi connectivity index (χ2v) is 8.27. The molecule has 0 spiro atoms. The summed E-state index contributed by atoms with van der Waals surface area (Å²) in [4.78, 5) is 15.8. The maximum atomic E-state index is 13.6. The summed E-state index contributed by atoms with van der Waals surface area (Å²) in [5, 5.41) is 0. The van der Waals surface area contributed by atoms with Gasteiger partial charge in [0.05, 0.1) is 12.1 Å². The second-order valence-electron chi connectivity index (χ2n) is 8.27. The smallest absolute Gasteiger partial charge is 0.227 e. The molecule has 3 aliphatic rings. The third kappa shape index (κ3) is 2.08. The van der Waals surface area contributed by atoms with Gasteiger partial charge in [-0.3, -0.25) is 4.79 Å². The largest absolute Gasteiger partial charge is 0.324 e. The van der Waals surface area contributed by atoms with Gasteiger partial charge in [0.1, 0.15) is 0 Å². The fourth-order valence-corrected chi connectivity index (χ4v) is 5.84. The van der Waals surface area contributed by atoms with Gasteiger partial charge in [-0.1, -0.05) is 79.7 Å². The van der Waals surface area contributed by atoms with E-state index < -0.39 is 0 Å². The summed E-state index contributed by atoms with van der Waals surface area (Å²) in [6.45, 7) is 2.37. The molecule has 4 atom stereocenters. The normalized spacial score (nSPS) is 32.3. The number of allylic oxidation sites excluding steroid dienone is 1. The number of amides is 1. The Hall–Kier alpha value is -2.35. The number of nitrogens with zero attached hydrogens (tertiary/aromatic N) is 1. The van der Waals surface area contributed by atoms with E-state index in [-0.39, 0.29) is 23.4 Å². The lowest BCUT2D eigenvalue weighted by Gasteiger charge is -2.42. The van der Waals surface area contributed by atoms with Gasteiger partial charge in [0.25, 0.3) is 0 Å². The predicted molar refractivity (Wildman–Crippen MR) is 103 cm³/mol. The summed E-state index contributed by atoms with van der Waals surface area (Å²) in [6.07, 6.45) is 8.01. The Morgan fingerprint density at radius 2 is 1.58 bits per heavy atom. The minimum absolute atomic E-state index is 0.0132. The first-order chi connectivity index (χ1) is 12.7. The Kier molecular flexibility index (Phi) is 3.56. The van der Waals surface area contributed by atoms with Crippen molar-refractivity contribution < 1.29 is 4.79 Å². The number of carbonyl (C=O) groups is 1. The van der Waals surface area contributed by atoms with Crippen LogP contribution in [0.4, 0.5) is 0 Å². The second kappa shape index (κ2) is 5.84. The Balaban J connectivity index is 1.67. The van der Waals surface area contributed by atoms with Crippen LogP contribution in [0, 0.1) is 17.3 Å². The molecule has 2 aromatic carbocycles. The van der Waals surface area contributed by atoms with Crippen molar-refractivity contribution in [3.05, 3.63) is 83.9 Å². The van der Waals surface area contributed by atoms with Crippen LogP contribution < -0.4 is 0 Å². The minimum Gasteiger partial charge on any atom is -0.324 e. The van der Waals surface area contributed by atoms with Crippen LogP contribution in [0.1, 0.15) is 43.4 Å². The highest BCUT2D eigenvalue weighted by atomic mass is 16.2. The quantitative estimate of drug-likeness (QED) is 0.720. The Morgan fingerprint density at radius 3 is 2.19 bits per heavy atom. The monoisotopic (exact) mass is 343 g/mol. The molecule has 5 rings (SSSR count). The van der Waals surface area contributed by atoms with Crippen LogP contribution in [0.15, 0.2) is 72.8 Å². The third-order valence-electron chi connectivity index (χ3n) is 7.17. The van der Waals surface area contributed by atoms with Gasteiger partial charge in [0.2, 0.25) is 5.91 Å². The molecule has 1 saturated heterocycles. The summed E-state index contributed by atoms with van der Waals surface area (Å²) < 4.78 is 0. The highest BCUT2D eigenvalue weighted by Crippen LogP contribution is 2.61. The molecule has 2 aromatic rings. The number of hydrogen-bond acceptors (Lipinski definition) is 1. The van der Waals surface area contributed by atoms with Gasteiger partial charge in [-0.25, -0.2) is 0 Å². The van der Waals surface area contributed by atoms with Gasteiger partial charge in [-0.15, -0.1) is 0 Å².